The van der Waals surface area contributed by atoms with Crippen LogP contribution in [-0.4, -0.2) is 18.0 Å². The van der Waals surface area contributed by atoms with Crippen molar-refractivity contribution >= 4 is 114 Å². The third-order valence-corrected chi connectivity index (χ3v) is 15.4. The summed E-state index contributed by atoms with van der Waals surface area (Å²) >= 11 is 1.84. The molecule has 0 unspecified atom stereocenters. The van der Waals surface area contributed by atoms with Crippen LogP contribution in [0.4, 0.5) is 34.1 Å². The fraction of sp³-hybridized carbons (Fsp3) is 0. The quantitative estimate of drug-likeness (QED) is 0.155. The summed E-state index contributed by atoms with van der Waals surface area (Å²) in [6.45, 7) is -0.143. The normalized spacial score (nSPS) is 13.1. The van der Waals surface area contributed by atoms with Crippen molar-refractivity contribution in [3.05, 3.63) is 224 Å². The Labute approximate surface area is 398 Å². The van der Waals surface area contributed by atoms with Crippen molar-refractivity contribution in [3.8, 4) is 28.7 Å². The molecule has 10 aromatic carbocycles. The van der Waals surface area contributed by atoms with Gasteiger partial charge in [-0.2, -0.15) is 0 Å². The number of benzene rings is 10. The number of aromatic nitrogens is 1. The van der Waals surface area contributed by atoms with Crippen LogP contribution in [0.15, 0.2) is 234 Å². The van der Waals surface area contributed by atoms with Crippen molar-refractivity contribution in [1.82, 2.24) is 4.57 Å². The number of fused-ring (bicyclic) bond motifs is 12. The van der Waals surface area contributed by atoms with E-state index in [4.69, 9.17) is 9.47 Å². The molecule has 4 aliphatic heterocycles. The zero-order valence-corrected chi connectivity index (χ0v) is 37.4. The first-order valence-electron chi connectivity index (χ1n) is 23.2. The summed E-state index contributed by atoms with van der Waals surface area (Å²) in [5, 5.41) is 2.29. The molecule has 0 amide bonds. The van der Waals surface area contributed by atoms with Gasteiger partial charge in [-0.25, -0.2) is 0 Å². The summed E-state index contributed by atoms with van der Waals surface area (Å²) < 4.78 is 17.2. The molecule has 5 heterocycles. The number of hydrogen-bond acceptors (Lipinski definition) is 5. The Hall–Kier alpha value is -8.32. The van der Waals surface area contributed by atoms with Crippen LogP contribution in [0.3, 0.4) is 0 Å². The largest absolute Gasteiger partial charge is 0.458 e. The molecule has 0 radical (unpaired) electrons. The molecule has 15 rings (SSSR count). The Morgan fingerprint density at radius 3 is 1.57 bits per heavy atom. The maximum atomic E-state index is 7.62. The highest BCUT2D eigenvalue weighted by atomic mass is 32.2. The van der Waals surface area contributed by atoms with Crippen molar-refractivity contribution in [2.24, 2.45) is 0 Å². The zero-order valence-electron chi connectivity index (χ0n) is 36.6. The molecule has 4 aliphatic rings. The maximum Gasteiger partial charge on any atom is 0.256 e. The fourth-order valence-electron chi connectivity index (χ4n) is 11.6. The van der Waals surface area contributed by atoms with E-state index in [-0.39, 0.29) is 13.4 Å². The lowest BCUT2D eigenvalue weighted by Gasteiger charge is -2.38. The standard InChI is InChI=1S/C60H37B2N3O2S/c1-5-19-38(20-6-1)63(39-21-7-2-8-22-39)42-33-50-57-52(34-42)66-51-31-17-14-28-45(51)61(57)47-37-48-60(56-44-27-13-16-30-49(44)65(50)59(47)56)67-53-35-43(36-55-58(53)62(48)46-29-15-18-32-54(46)68-55)64(40-23-9-3-10-24-40)41-25-11-4-12-26-41/h1-37H. The lowest BCUT2D eigenvalue weighted by molar-refractivity contribution is 0.487. The van der Waals surface area contributed by atoms with Gasteiger partial charge in [0.2, 0.25) is 0 Å². The maximum absolute atomic E-state index is 7.62. The molecule has 0 N–H and O–H groups in total. The predicted octanol–water partition coefficient (Wildman–Crippen LogP) is 11.7. The predicted molar refractivity (Wildman–Crippen MR) is 283 cm³/mol. The Bertz CT molecular complexity index is 3790. The molecule has 0 aliphatic carbocycles. The SMILES string of the molecule is c1ccc(N(c2ccccc2)c2cc3c4c(c2)Sc2ccccc2B4c2cc4c5c(c2O3)c2ccccc2n5-c2cc(N(c3ccccc3)c3ccccc3)cc3c2B4c2ccccc2O3)cc1. The van der Waals surface area contributed by atoms with E-state index in [0.29, 0.717) is 0 Å². The van der Waals surface area contributed by atoms with Crippen molar-refractivity contribution in [3.63, 3.8) is 0 Å². The van der Waals surface area contributed by atoms with Crippen molar-refractivity contribution in [2.45, 2.75) is 9.79 Å². The van der Waals surface area contributed by atoms with Gasteiger partial charge in [-0.05, 0) is 106 Å². The van der Waals surface area contributed by atoms with Crippen LogP contribution in [0.2, 0.25) is 0 Å². The minimum atomic E-state index is -0.0905. The van der Waals surface area contributed by atoms with Crippen molar-refractivity contribution < 1.29 is 9.47 Å². The van der Waals surface area contributed by atoms with E-state index in [1.807, 2.05) is 11.8 Å². The van der Waals surface area contributed by atoms with Crippen LogP contribution in [0.25, 0.3) is 27.5 Å². The van der Waals surface area contributed by atoms with Gasteiger partial charge in [0.25, 0.3) is 13.4 Å². The van der Waals surface area contributed by atoms with E-state index in [1.54, 1.807) is 0 Å². The summed E-state index contributed by atoms with van der Waals surface area (Å²) in [6, 6.07) is 80.8. The van der Waals surface area contributed by atoms with Gasteiger partial charge < -0.3 is 23.8 Å². The molecule has 5 nitrogen and oxygen atoms in total. The first kappa shape index (κ1) is 37.9. The molecular formula is C60H37B2N3O2S. The lowest BCUT2D eigenvalue weighted by Crippen LogP contribution is -2.62. The zero-order chi connectivity index (χ0) is 44.5. The van der Waals surface area contributed by atoms with Gasteiger partial charge in [-0.15, -0.1) is 0 Å². The van der Waals surface area contributed by atoms with Crippen LogP contribution in [0.1, 0.15) is 0 Å². The summed E-state index contributed by atoms with van der Waals surface area (Å²) in [7, 11) is 0. The van der Waals surface area contributed by atoms with Crippen LogP contribution in [-0.2, 0) is 0 Å². The number of anilines is 6. The first-order valence-corrected chi connectivity index (χ1v) is 24.0. The number of rotatable bonds is 6. The van der Waals surface area contributed by atoms with Crippen LogP contribution < -0.4 is 52.1 Å². The number of ether oxygens (including phenoxy) is 2. The Balaban J connectivity index is 1.03. The van der Waals surface area contributed by atoms with Crippen molar-refractivity contribution in [2.75, 3.05) is 9.80 Å². The molecule has 1 aromatic heterocycles. The topological polar surface area (TPSA) is 29.9 Å². The minimum Gasteiger partial charge on any atom is -0.458 e. The molecule has 0 fully saturated rings. The van der Waals surface area contributed by atoms with E-state index in [1.165, 1.54) is 48.1 Å². The number of nitrogens with zero attached hydrogens (tertiary/aromatic N) is 3. The second-order valence-electron chi connectivity index (χ2n) is 18.0. The molecule has 0 bridgehead atoms. The molecule has 8 heteroatoms. The molecule has 316 valence electrons. The summed E-state index contributed by atoms with van der Waals surface area (Å²) in [6.07, 6.45) is 0. The molecule has 68 heavy (non-hydrogen) atoms. The Morgan fingerprint density at radius 2 is 0.912 bits per heavy atom. The van der Waals surface area contributed by atoms with Crippen LogP contribution in [0, 0.1) is 0 Å². The van der Waals surface area contributed by atoms with Gasteiger partial charge in [-0.1, -0.05) is 151 Å². The lowest BCUT2D eigenvalue weighted by atomic mass is 9.31. The Kier molecular flexibility index (Phi) is 8.12. The highest BCUT2D eigenvalue weighted by Gasteiger charge is 2.46. The molecular weight excluding hydrogens is 848 g/mol. The molecule has 0 spiro atoms. The molecule has 11 aromatic rings. The van der Waals surface area contributed by atoms with Crippen molar-refractivity contribution in [1.29, 1.82) is 0 Å². The second-order valence-corrected chi connectivity index (χ2v) is 19.0. The Morgan fingerprint density at radius 1 is 0.382 bits per heavy atom. The second kappa shape index (κ2) is 14.6. The van der Waals surface area contributed by atoms with Gasteiger partial charge in [-0.3, -0.25) is 0 Å². The summed E-state index contributed by atoms with van der Waals surface area (Å²) in [5.41, 5.74) is 17.1. The van der Waals surface area contributed by atoms with E-state index in [0.717, 1.165) is 79.1 Å². The third-order valence-electron chi connectivity index (χ3n) is 14.3. The minimum absolute atomic E-state index is 0.0523. The highest BCUT2D eigenvalue weighted by Crippen LogP contribution is 2.48. The first-order chi connectivity index (χ1) is 33.7. The van der Waals surface area contributed by atoms with E-state index in [9.17, 15) is 0 Å². The molecule has 0 saturated carbocycles. The monoisotopic (exact) mass is 885 g/mol. The van der Waals surface area contributed by atoms with Gasteiger partial charge in [0.1, 0.15) is 23.0 Å². The highest BCUT2D eigenvalue weighted by molar-refractivity contribution is 8.00. The number of para-hydroxylation sites is 6. The summed E-state index contributed by atoms with van der Waals surface area (Å²) in [4.78, 5) is 7.15. The van der Waals surface area contributed by atoms with Crippen LogP contribution >= 0.6 is 11.8 Å². The number of hydrogen-bond donors (Lipinski definition) is 0. The summed E-state index contributed by atoms with van der Waals surface area (Å²) in [5.74, 6) is 3.55. The fourth-order valence-corrected chi connectivity index (χ4v) is 12.8. The van der Waals surface area contributed by atoms with E-state index < -0.39 is 0 Å². The van der Waals surface area contributed by atoms with Gasteiger partial charge in [0.05, 0.1) is 22.4 Å². The van der Waals surface area contributed by atoms with Crippen LogP contribution in [0.5, 0.6) is 23.0 Å². The smallest absolute Gasteiger partial charge is 0.256 e. The van der Waals surface area contributed by atoms with Gasteiger partial charge >= 0.3 is 0 Å². The molecule has 0 saturated heterocycles. The average Bonchev–Trinajstić information content (AvgIpc) is 3.75. The third kappa shape index (κ3) is 5.43. The molecule has 0 atom stereocenters. The van der Waals surface area contributed by atoms with Gasteiger partial charge in [0.15, 0.2) is 0 Å². The van der Waals surface area contributed by atoms with Gasteiger partial charge in [0, 0.05) is 61.1 Å². The average molecular weight is 886 g/mol. The van der Waals surface area contributed by atoms with E-state index in [2.05, 4.69) is 239 Å². The van der Waals surface area contributed by atoms with E-state index >= 15 is 0 Å².